The van der Waals surface area contributed by atoms with Crippen LogP contribution in [0.25, 0.3) is 10.4 Å². The molecule has 0 aliphatic carbocycles. The van der Waals surface area contributed by atoms with Gasteiger partial charge < -0.3 is 30.1 Å². The van der Waals surface area contributed by atoms with E-state index in [1.54, 1.807) is 44.5 Å². The molecule has 2 aromatic rings. The number of aliphatic hydroxyl groups is 1. The Hall–Kier alpha value is -3.35. The van der Waals surface area contributed by atoms with Gasteiger partial charge in [-0.2, -0.15) is 0 Å². The molecule has 0 bridgehead atoms. The van der Waals surface area contributed by atoms with Crippen molar-refractivity contribution in [3.8, 4) is 10.4 Å². The maximum absolute atomic E-state index is 13.6. The minimum atomic E-state index is -0.991. The van der Waals surface area contributed by atoms with Crippen LogP contribution < -0.4 is 10.6 Å². The maximum atomic E-state index is 13.6. The molecule has 3 rings (SSSR count). The van der Waals surface area contributed by atoms with Crippen LogP contribution in [0, 0.1) is 12.3 Å². The number of esters is 1. The first kappa shape index (κ1) is 31.2. The van der Waals surface area contributed by atoms with Crippen LogP contribution in [0.5, 0.6) is 0 Å². The number of benzene rings is 1. The van der Waals surface area contributed by atoms with E-state index in [9.17, 15) is 24.3 Å². The number of aryl methyl sites for hydroxylation is 1. The predicted octanol–water partition coefficient (Wildman–Crippen LogP) is 1.81. The van der Waals surface area contributed by atoms with Crippen LogP contribution in [0.3, 0.4) is 0 Å². The molecule has 11 nitrogen and oxygen atoms in total. The van der Waals surface area contributed by atoms with Crippen molar-refractivity contribution >= 4 is 35.0 Å². The van der Waals surface area contributed by atoms with Crippen LogP contribution in [-0.4, -0.2) is 83.2 Å². The number of ether oxygens (including phenoxy) is 2. The molecule has 1 aromatic heterocycles. The number of aliphatic hydroxyl groups excluding tert-OH is 1. The van der Waals surface area contributed by atoms with Gasteiger partial charge in [-0.1, -0.05) is 45.0 Å². The summed E-state index contributed by atoms with van der Waals surface area (Å²) >= 11 is 1.57. The van der Waals surface area contributed by atoms with E-state index in [0.717, 1.165) is 21.7 Å². The molecule has 40 heavy (non-hydrogen) atoms. The number of rotatable bonds is 11. The third-order valence-electron chi connectivity index (χ3n) is 6.47. The number of carbonyl (C=O) groups excluding carboxylic acids is 4. The smallest absolute Gasteiger partial charge is 0.332 e. The SMILES string of the molecule is CCOC(=O)COCC(=O)N[C@H](C(=O)N1C[C@H](O)C[C@H]1C(=O)NCc1ccc(-c2scnc2C)cc1)C(C)(C)C. The Kier molecular flexibility index (Phi) is 10.8. The van der Waals surface area contributed by atoms with E-state index in [4.69, 9.17) is 9.47 Å². The molecule has 218 valence electrons. The molecule has 1 aliphatic rings. The third-order valence-corrected chi connectivity index (χ3v) is 7.45. The minimum Gasteiger partial charge on any atom is -0.464 e. The number of hydrogen-bond donors (Lipinski definition) is 3. The Balaban J connectivity index is 1.62. The molecular formula is C28H38N4O7S. The largest absolute Gasteiger partial charge is 0.464 e. The van der Waals surface area contributed by atoms with E-state index in [0.29, 0.717) is 0 Å². The lowest BCUT2D eigenvalue weighted by molar-refractivity contribution is -0.150. The van der Waals surface area contributed by atoms with Gasteiger partial charge in [-0.25, -0.2) is 9.78 Å². The normalized spacial score (nSPS) is 17.8. The molecule has 1 aliphatic heterocycles. The highest BCUT2D eigenvalue weighted by molar-refractivity contribution is 7.13. The fraction of sp³-hybridized carbons (Fsp3) is 0.536. The van der Waals surface area contributed by atoms with Crippen LogP contribution in [0.15, 0.2) is 29.8 Å². The lowest BCUT2D eigenvalue weighted by Crippen LogP contribution is -2.58. The highest BCUT2D eigenvalue weighted by Gasteiger charge is 2.44. The van der Waals surface area contributed by atoms with Gasteiger partial charge in [0.15, 0.2) is 0 Å². The number of thiazole rings is 1. The van der Waals surface area contributed by atoms with Crippen molar-refractivity contribution in [2.45, 2.75) is 65.8 Å². The quantitative estimate of drug-likeness (QED) is 0.344. The standard InChI is InChI=1S/C28H38N4O7S/c1-6-39-23(35)15-38-14-22(34)31-25(28(3,4)5)27(37)32-13-20(33)11-21(32)26(36)29-12-18-7-9-19(10-8-18)24-17(2)30-16-40-24/h7-10,16,20-21,25,33H,6,11-15H2,1-5H3,(H,29,36)(H,31,34)/t20-,21+,25-/m1/s1. The fourth-order valence-corrected chi connectivity index (χ4v) is 5.22. The van der Waals surface area contributed by atoms with E-state index in [2.05, 4.69) is 15.6 Å². The summed E-state index contributed by atoms with van der Waals surface area (Å²) in [5.41, 5.74) is 3.99. The zero-order chi connectivity index (χ0) is 29.4. The first-order chi connectivity index (χ1) is 18.9. The molecule has 3 N–H and O–H groups in total. The fourth-order valence-electron chi connectivity index (χ4n) is 4.41. The van der Waals surface area contributed by atoms with Gasteiger partial charge in [0.1, 0.15) is 25.3 Å². The van der Waals surface area contributed by atoms with Gasteiger partial charge in [-0.15, -0.1) is 11.3 Å². The summed E-state index contributed by atoms with van der Waals surface area (Å²) in [5.74, 6) is -2.05. The number of aromatic nitrogens is 1. The van der Waals surface area contributed by atoms with Crippen LogP contribution >= 0.6 is 11.3 Å². The monoisotopic (exact) mass is 574 g/mol. The molecule has 3 atom stereocenters. The molecule has 0 unspecified atom stereocenters. The minimum absolute atomic E-state index is 0.0262. The van der Waals surface area contributed by atoms with Gasteiger partial charge in [-0.05, 0) is 30.4 Å². The van der Waals surface area contributed by atoms with E-state index in [1.807, 2.05) is 31.2 Å². The second kappa shape index (κ2) is 13.8. The summed E-state index contributed by atoms with van der Waals surface area (Å²) in [6.07, 6.45) is -0.778. The molecular weight excluding hydrogens is 536 g/mol. The topological polar surface area (TPSA) is 147 Å². The zero-order valence-electron chi connectivity index (χ0n) is 23.6. The second-order valence-electron chi connectivity index (χ2n) is 10.7. The molecule has 0 saturated carbocycles. The molecule has 1 saturated heterocycles. The first-order valence-electron chi connectivity index (χ1n) is 13.2. The van der Waals surface area contributed by atoms with Gasteiger partial charge in [0.2, 0.25) is 17.7 Å². The number of nitrogens with one attached hydrogen (secondary N) is 2. The summed E-state index contributed by atoms with van der Waals surface area (Å²) in [4.78, 5) is 57.4. The van der Waals surface area contributed by atoms with Gasteiger partial charge in [-0.3, -0.25) is 14.4 Å². The van der Waals surface area contributed by atoms with E-state index in [-0.39, 0.29) is 38.6 Å². The van der Waals surface area contributed by atoms with Gasteiger partial charge in [0.05, 0.1) is 28.8 Å². The molecule has 0 spiro atoms. The summed E-state index contributed by atoms with van der Waals surface area (Å²) in [7, 11) is 0. The summed E-state index contributed by atoms with van der Waals surface area (Å²) in [6, 6.07) is 5.93. The van der Waals surface area contributed by atoms with E-state index < -0.39 is 48.0 Å². The number of likely N-dealkylation sites (tertiary alicyclic amines) is 1. The molecule has 12 heteroatoms. The Bertz CT molecular complexity index is 1190. The van der Waals surface area contributed by atoms with Crippen molar-refractivity contribution in [1.29, 1.82) is 0 Å². The summed E-state index contributed by atoms with van der Waals surface area (Å²) < 4.78 is 9.86. The van der Waals surface area contributed by atoms with Gasteiger partial charge in [0.25, 0.3) is 0 Å². The molecule has 1 fully saturated rings. The Morgan fingerprint density at radius 3 is 2.48 bits per heavy atom. The Morgan fingerprint density at radius 1 is 1.18 bits per heavy atom. The first-order valence-corrected chi connectivity index (χ1v) is 14.1. The van der Waals surface area contributed by atoms with E-state index in [1.165, 1.54) is 4.90 Å². The van der Waals surface area contributed by atoms with Crippen molar-refractivity contribution < 1.29 is 33.8 Å². The molecule has 0 radical (unpaired) electrons. The van der Waals surface area contributed by atoms with Crippen molar-refractivity contribution in [1.82, 2.24) is 20.5 Å². The zero-order valence-corrected chi connectivity index (χ0v) is 24.4. The second-order valence-corrected chi connectivity index (χ2v) is 11.6. The van der Waals surface area contributed by atoms with Crippen molar-refractivity contribution in [3.63, 3.8) is 0 Å². The number of carbonyl (C=O) groups is 4. The van der Waals surface area contributed by atoms with Crippen molar-refractivity contribution in [2.75, 3.05) is 26.4 Å². The van der Waals surface area contributed by atoms with Crippen molar-refractivity contribution in [3.05, 3.63) is 41.0 Å². The summed E-state index contributed by atoms with van der Waals surface area (Å²) in [6.45, 7) is 8.58. The van der Waals surface area contributed by atoms with Crippen LogP contribution in [0.4, 0.5) is 0 Å². The molecule has 3 amide bonds. The number of amides is 3. The lowest BCUT2D eigenvalue weighted by atomic mass is 9.85. The van der Waals surface area contributed by atoms with Crippen LogP contribution in [0.2, 0.25) is 0 Å². The average molecular weight is 575 g/mol. The van der Waals surface area contributed by atoms with E-state index >= 15 is 0 Å². The number of nitrogens with zero attached hydrogens (tertiary/aromatic N) is 2. The van der Waals surface area contributed by atoms with Crippen LogP contribution in [0.1, 0.15) is 45.4 Å². The highest BCUT2D eigenvalue weighted by atomic mass is 32.1. The van der Waals surface area contributed by atoms with Crippen LogP contribution in [-0.2, 0) is 35.2 Å². The molecule has 2 heterocycles. The van der Waals surface area contributed by atoms with Gasteiger partial charge >= 0.3 is 5.97 Å². The Morgan fingerprint density at radius 2 is 1.88 bits per heavy atom. The number of hydrogen-bond acceptors (Lipinski definition) is 9. The maximum Gasteiger partial charge on any atom is 0.332 e. The number of β-amino-alcohol motifs (C(OH)–C–C–N with tert-alkyl or cyclic N) is 1. The molecule has 1 aromatic carbocycles. The highest BCUT2D eigenvalue weighted by Crippen LogP contribution is 2.28. The van der Waals surface area contributed by atoms with Crippen molar-refractivity contribution in [2.24, 2.45) is 5.41 Å². The summed E-state index contributed by atoms with van der Waals surface area (Å²) in [5, 5.41) is 15.9. The Labute approximate surface area is 238 Å². The predicted molar refractivity (Wildman–Crippen MR) is 149 cm³/mol. The van der Waals surface area contributed by atoms with Gasteiger partial charge in [0, 0.05) is 19.5 Å². The lowest BCUT2D eigenvalue weighted by Gasteiger charge is -2.35. The third kappa shape index (κ3) is 8.33. The average Bonchev–Trinajstić information content (AvgIpc) is 3.50.